The van der Waals surface area contributed by atoms with E-state index in [4.69, 9.17) is 20.1 Å². The normalized spacial score (nSPS) is 18.3. The van der Waals surface area contributed by atoms with Gasteiger partial charge in [-0.2, -0.15) is 5.26 Å². The Morgan fingerprint density at radius 2 is 1.69 bits per heavy atom. The third-order valence-electron chi connectivity index (χ3n) is 13.3. The molecule has 1 unspecified atom stereocenters. The number of benzene rings is 2. The summed E-state index contributed by atoms with van der Waals surface area (Å²) in [5.41, 5.74) is 8.56. The van der Waals surface area contributed by atoms with E-state index in [0.717, 1.165) is 81.5 Å². The van der Waals surface area contributed by atoms with Crippen molar-refractivity contribution in [1.29, 1.82) is 5.26 Å². The third kappa shape index (κ3) is 8.51. The number of methoxy groups -OCH3 is 1. The molecule has 4 aliphatic rings. The van der Waals surface area contributed by atoms with Crippen LogP contribution in [-0.2, 0) is 0 Å². The van der Waals surface area contributed by atoms with Crippen molar-refractivity contribution >= 4 is 34.5 Å². The van der Waals surface area contributed by atoms with E-state index < -0.39 is 0 Å². The van der Waals surface area contributed by atoms with Gasteiger partial charge < -0.3 is 25.0 Å². The molecule has 1 aliphatic carbocycles. The number of nitrogens with one attached hydrogen (secondary N) is 1. The minimum absolute atomic E-state index is 0.0957. The van der Waals surface area contributed by atoms with Crippen LogP contribution in [0.15, 0.2) is 53.5 Å². The molecule has 1 amide bonds. The van der Waals surface area contributed by atoms with Crippen molar-refractivity contribution in [3.63, 3.8) is 0 Å². The van der Waals surface area contributed by atoms with Gasteiger partial charge in [-0.25, -0.2) is 0 Å². The first kappa shape index (κ1) is 42.9. The lowest BCUT2D eigenvalue weighted by molar-refractivity contribution is 0.0921. The topological polar surface area (TPSA) is 158 Å². The monoisotopic (exact) mass is 854 g/mol. The maximum atomic E-state index is 12.8. The van der Waals surface area contributed by atoms with Gasteiger partial charge in [-0.1, -0.05) is 39.2 Å². The lowest BCUT2D eigenvalue weighted by Gasteiger charge is -2.41. The number of thiophene rings is 1. The molecular formula is C48H58N10O3S. The lowest BCUT2D eigenvalue weighted by atomic mass is 9.77. The number of amides is 1. The Hall–Kier alpha value is -5.81. The summed E-state index contributed by atoms with van der Waals surface area (Å²) in [7, 11) is 1.45. The van der Waals surface area contributed by atoms with E-state index in [0.29, 0.717) is 22.9 Å². The SMILES string of the molecule is COc1cc(O)ccc1C#N.Cc1sc2c(c1C)C(c1ccc(N3CCC4(CCN(c5ccc(C(=O)NC6CCCCC6)nn5)C4)CC3)c(C(C)C)c1)=NC(C)c1nnc(C)n1-2. The van der Waals surface area contributed by atoms with Crippen LogP contribution in [0.3, 0.4) is 0 Å². The highest BCUT2D eigenvalue weighted by Crippen LogP contribution is 2.44. The summed E-state index contributed by atoms with van der Waals surface area (Å²) in [6, 6.07) is 17.3. The van der Waals surface area contributed by atoms with Gasteiger partial charge in [0.15, 0.2) is 17.3 Å². The molecule has 3 fully saturated rings. The number of piperidine rings is 1. The largest absolute Gasteiger partial charge is 0.508 e. The van der Waals surface area contributed by atoms with E-state index in [1.807, 2.05) is 36.5 Å². The summed E-state index contributed by atoms with van der Waals surface area (Å²) < 4.78 is 7.05. The zero-order valence-electron chi connectivity index (χ0n) is 37.0. The summed E-state index contributed by atoms with van der Waals surface area (Å²) in [5.74, 6) is 3.46. The zero-order valence-corrected chi connectivity index (χ0v) is 37.8. The van der Waals surface area contributed by atoms with Crippen LogP contribution >= 0.6 is 11.3 Å². The van der Waals surface area contributed by atoms with Gasteiger partial charge in [0, 0.05) is 60.0 Å². The summed E-state index contributed by atoms with van der Waals surface area (Å²) in [5, 5.41) is 39.7. The molecule has 1 atom stereocenters. The molecule has 2 aromatic carbocycles. The van der Waals surface area contributed by atoms with Crippen LogP contribution in [-0.4, -0.2) is 81.0 Å². The van der Waals surface area contributed by atoms with Crippen molar-refractivity contribution in [2.24, 2.45) is 10.4 Å². The molecule has 6 heterocycles. The van der Waals surface area contributed by atoms with Gasteiger partial charge in [0.2, 0.25) is 0 Å². The molecule has 0 bridgehead atoms. The molecule has 9 rings (SSSR count). The van der Waals surface area contributed by atoms with Gasteiger partial charge in [0.1, 0.15) is 34.4 Å². The summed E-state index contributed by atoms with van der Waals surface area (Å²) in [6.45, 7) is 17.2. The van der Waals surface area contributed by atoms with E-state index in [2.05, 4.69) is 92.9 Å². The number of hydrogen-bond donors (Lipinski definition) is 2. The van der Waals surface area contributed by atoms with E-state index in [1.54, 1.807) is 0 Å². The fraction of sp³-hybridized carbons (Fsp3) is 0.479. The van der Waals surface area contributed by atoms with E-state index in [1.165, 1.54) is 82.4 Å². The van der Waals surface area contributed by atoms with Crippen LogP contribution in [0.5, 0.6) is 11.5 Å². The molecule has 2 N–H and O–H groups in total. The zero-order chi connectivity index (χ0) is 43.7. The number of rotatable bonds is 7. The van der Waals surface area contributed by atoms with Gasteiger partial charge in [-0.3, -0.25) is 14.4 Å². The van der Waals surface area contributed by atoms with Crippen LogP contribution in [0.1, 0.15) is 139 Å². The number of carbonyl (C=O) groups is 1. The van der Waals surface area contributed by atoms with E-state index in [9.17, 15) is 4.79 Å². The molecule has 14 heteroatoms. The standard InChI is InChI=1S/C40H51N9OS.C8H7NO2/c1-24(2)31-22-29(36-35-25(3)27(5)51-39(35)49-28(6)43-46-37(49)26(4)41-36)12-14-33(31)47-19-16-40(17-20-47)18-21-48(23-40)34-15-13-32(44-45-34)38(50)42-30-10-8-7-9-11-30;1-11-8-4-7(10)3-2-6(8)5-9/h12-15,22,24,26,30H,7-11,16-21,23H2,1-6H3,(H,42,50);2-4,10H,1H3. The summed E-state index contributed by atoms with van der Waals surface area (Å²) in [4.78, 5) is 24.4. The smallest absolute Gasteiger partial charge is 0.272 e. The van der Waals surface area contributed by atoms with Crippen molar-refractivity contribution in [3.05, 3.63) is 98.6 Å². The van der Waals surface area contributed by atoms with Gasteiger partial charge in [0.05, 0.1) is 18.4 Å². The van der Waals surface area contributed by atoms with Crippen LogP contribution in [0.25, 0.3) is 5.00 Å². The summed E-state index contributed by atoms with van der Waals surface area (Å²) >= 11 is 1.81. The molecule has 1 saturated carbocycles. The van der Waals surface area contributed by atoms with Gasteiger partial charge in [0.25, 0.3) is 5.91 Å². The number of hydrogen-bond acceptors (Lipinski definition) is 12. The molecule has 2 saturated heterocycles. The molecule has 62 heavy (non-hydrogen) atoms. The fourth-order valence-electron chi connectivity index (χ4n) is 9.59. The highest BCUT2D eigenvalue weighted by molar-refractivity contribution is 7.15. The number of anilines is 2. The Balaban J connectivity index is 0.000000421. The van der Waals surface area contributed by atoms with Crippen LogP contribution in [0.4, 0.5) is 11.5 Å². The Morgan fingerprint density at radius 1 is 0.952 bits per heavy atom. The number of nitriles is 1. The van der Waals surface area contributed by atoms with Crippen LogP contribution in [0, 0.1) is 37.5 Å². The number of fused-ring (bicyclic) bond motifs is 3. The highest BCUT2D eigenvalue weighted by atomic mass is 32.1. The number of phenols is 1. The minimum atomic E-state index is -0.0986. The predicted octanol–water partition coefficient (Wildman–Crippen LogP) is 8.91. The minimum Gasteiger partial charge on any atom is -0.508 e. The highest BCUT2D eigenvalue weighted by Gasteiger charge is 2.41. The van der Waals surface area contributed by atoms with Crippen molar-refractivity contribution in [1.82, 2.24) is 30.3 Å². The second-order valence-corrected chi connectivity index (χ2v) is 18.9. The maximum Gasteiger partial charge on any atom is 0.272 e. The van der Waals surface area contributed by atoms with Gasteiger partial charge >= 0.3 is 0 Å². The average molecular weight is 855 g/mol. The number of aromatic nitrogens is 5. The number of ether oxygens (including phenoxy) is 1. The van der Waals surface area contributed by atoms with Crippen LogP contribution in [0.2, 0.25) is 0 Å². The Bertz CT molecular complexity index is 2500. The molecule has 13 nitrogen and oxygen atoms in total. The predicted molar refractivity (Wildman–Crippen MR) is 244 cm³/mol. The Morgan fingerprint density at radius 3 is 2.37 bits per heavy atom. The fourth-order valence-corrected chi connectivity index (χ4v) is 10.8. The third-order valence-corrected chi connectivity index (χ3v) is 14.5. The van der Waals surface area contributed by atoms with Crippen molar-refractivity contribution in [2.75, 3.05) is 43.1 Å². The number of aromatic hydroxyl groups is 1. The number of aryl methyl sites for hydroxylation is 2. The number of nitrogens with zero attached hydrogens (tertiary/aromatic N) is 9. The van der Waals surface area contributed by atoms with Crippen molar-refractivity contribution in [3.8, 4) is 22.6 Å². The van der Waals surface area contributed by atoms with Crippen molar-refractivity contribution < 1.29 is 14.6 Å². The van der Waals surface area contributed by atoms with Crippen LogP contribution < -0.4 is 19.9 Å². The molecule has 0 radical (unpaired) electrons. The number of phenolic OH excluding ortho intramolecular Hbond substituents is 1. The second-order valence-electron chi connectivity index (χ2n) is 17.7. The quantitative estimate of drug-likeness (QED) is 0.162. The number of aliphatic imine (C=N–C) groups is 1. The Kier molecular flexibility index (Phi) is 12.4. The van der Waals surface area contributed by atoms with Gasteiger partial charge in [-0.05, 0) is 119 Å². The van der Waals surface area contributed by atoms with E-state index >= 15 is 0 Å². The molecule has 5 aromatic rings. The molecular weight excluding hydrogens is 797 g/mol. The average Bonchev–Trinajstić information content (AvgIpc) is 3.94. The first-order valence-corrected chi connectivity index (χ1v) is 22.9. The van der Waals surface area contributed by atoms with Crippen molar-refractivity contribution in [2.45, 2.75) is 111 Å². The number of carbonyl (C=O) groups excluding carboxylic acids is 1. The maximum absolute atomic E-state index is 12.8. The van der Waals surface area contributed by atoms with Gasteiger partial charge in [-0.15, -0.1) is 31.7 Å². The molecule has 324 valence electrons. The molecule has 3 aliphatic heterocycles. The first-order chi connectivity index (χ1) is 29.9. The molecule has 3 aromatic heterocycles. The second kappa shape index (κ2) is 17.9. The Labute approximate surface area is 368 Å². The summed E-state index contributed by atoms with van der Waals surface area (Å²) in [6.07, 6.45) is 9.23. The lowest BCUT2D eigenvalue weighted by Crippen LogP contribution is -2.42. The first-order valence-electron chi connectivity index (χ1n) is 22.0. The van der Waals surface area contributed by atoms with E-state index in [-0.39, 0.29) is 29.2 Å². The molecule has 1 spiro atoms.